The van der Waals surface area contributed by atoms with Crippen molar-refractivity contribution < 1.29 is 28.5 Å². The van der Waals surface area contributed by atoms with Crippen LogP contribution in [0.15, 0.2) is 39.7 Å². The Morgan fingerprint density at radius 2 is 1.69 bits per heavy atom. The molecule has 0 fully saturated rings. The molecule has 0 aliphatic carbocycles. The van der Waals surface area contributed by atoms with E-state index in [0.717, 1.165) is 14.9 Å². The minimum absolute atomic E-state index is 0.111. The number of thioether (sulfide) groups is 1. The Bertz CT molecular complexity index is 864. The molecule has 1 N–H and O–H groups in total. The van der Waals surface area contributed by atoms with Gasteiger partial charge in [-0.15, -0.1) is 11.8 Å². The van der Waals surface area contributed by atoms with Gasteiger partial charge in [-0.2, -0.15) is 0 Å². The number of hydrogen-bond acceptors (Lipinski definition) is 7. The maximum atomic E-state index is 12.1. The summed E-state index contributed by atoms with van der Waals surface area (Å²) < 4.78 is 21.8. The third-order valence-corrected chi connectivity index (χ3v) is 5.44. The lowest BCUT2D eigenvalue weighted by Crippen LogP contribution is -2.21. The van der Waals surface area contributed by atoms with Gasteiger partial charge in [0.05, 0.1) is 27.1 Å². The van der Waals surface area contributed by atoms with Crippen molar-refractivity contribution in [1.29, 1.82) is 0 Å². The summed E-state index contributed by atoms with van der Waals surface area (Å²) in [5.41, 5.74) is 1.48. The van der Waals surface area contributed by atoms with E-state index in [4.69, 9.17) is 18.9 Å². The van der Waals surface area contributed by atoms with Gasteiger partial charge in [-0.25, -0.2) is 0 Å². The maximum Gasteiger partial charge on any atom is 0.316 e. The normalized spacial score (nSPS) is 10.2. The Morgan fingerprint density at radius 3 is 2.24 bits per heavy atom. The molecule has 7 nitrogen and oxygen atoms in total. The average Bonchev–Trinajstić information content (AvgIpc) is 2.70. The summed E-state index contributed by atoms with van der Waals surface area (Å²) >= 11 is 4.76. The second-order valence-corrected chi connectivity index (χ2v) is 7.75. The molecule has 0 atom stereocenters. The van der Waals surface area contributed by atoms with Gasteiger partial charge >= 0.3 is 5.97 Å². The Balaban J connectivity index is 1.88. The average molecular weight is 484 g/mol. The van der Waals surface area contributed by atoms with Crippen molar-refractivity contribution in [2.24, 2.45) is 0 Å². The van der Waals surface area contributed by atoms with E-state index in [1.165, 1.54) is 33.1 Å². The number of benzene rings is 2. The first-order valence-electron chi connectivity index (χ1n) is 8.52. The molecule has 2 aromatic carbocycles. The van der Waals surface area contributed by atoms with Crippen molar-refractivity contribution in [1.82, 2.24) is 0 Å². The van der Waals surface area contributed by atoms with E-state index < -0.39 is 18.5 Å². The van der Waals surface area contributed by atoms with Crippen LogP contribution in [0.2, 0.25) is 0 Å². The second-order valence-electron chi connectivity index (χ2n) is 5.82. The number of rotatable bonds is 9. The van der Waals surface area contributed by atoms with Crippen LogP contribution in [0.3, 0.4) is 0 Å². The van der Waals surface area contributed by atoms with Crippen LogP contribution in [0.4, 0.5) is 5.69 Å². The number of ether oxygens (including phenoxy) is 4. The molecule has 2 rings (SSSR count). The van der Waals surface area contributed by atoms with E-state index >= 15 is 0 Å². The number of methoxy groups -OCH3 is 3. The van der Waals surface area contributed by atoms with Gasteiger partial charge in [0.15, 0.2) is 18.1 Å². The number of esters is 1. The van der Waals surface area contributed by atoms with Crippen LogP contribution >= 0.6 is 27.7 Å². The molecule has 0 radical (unpaired) electrons. The SMILES string of the molecule is COc1cc(NC(=O)COC(=O)CSc2ccc(Br)cc2C)cc(OC)c1OC. The molecule has 2 aromatic rings. The first-order chi connectivity index (χ1) is 13.9. The summed E-state index contributed by atoms with van der Waals surface area (Å²) in [4.78, 5) is 25.0. The highest BCUT2D eigenvalue weighted by Crippen LogP contribution is 2.39. The molecule has 0 saturated carbocycles. The topological polar surface area (TPSA) is 83.1 Å². The molecule has 1 amide bonds. The molecule has 156 valence electrons. The molecular formula is C20H22BrNO6S. The minimum atomic E-state index is -0.475. The largest absolute Gasteiger partial charge is 0.493 e. The zero-order valence-electron chi connectivity index (χ0n) is 16.5. The third-order valence-electron chi connectivity index (χ3n) is 3.80. The van der Waals surface area contributed by atoms with Crippen LogP contribution in [-0.4, -0.2) is 45.6 Å². The van der Waals surface area contributed by atoms with E-state index in [9.17, 15) is 9.59 Å². The molecular weight excluding hydrogens is 462 g/mol. The Kier molecular flexibility index (Phi) is 8.66. The predicted octanol–water partition coefficient (Wildman–Crippen LogP) is 4.06. The molecule has 29 heavy (non-hydrogen) atoms. The highest BCUT2D eigenvalue weighted by molar-refractivity contribution is 9.10. The number of halogens is 1. The van der Waals surface area contributed by atoms with Crippen molar-refractivity contribution in [3.05, 3.63) is 40.4 Å². The standard InChI is InChI=1S/C20H22BrNO6S/c1-12-7-13(21)5-6-17(12)29-11-19(24)28-10-18(23)22-14-8-15(25-2)20(27-4)16(9-14)26-3/h5-9H,10-11H2,1-4H3,(H,22,23). The van der Waals surface area contributed by atoms with Crippen LogP contribution in [0.1, 0.15) is 5.56 Å². The second kappa shape index (κ2) is 11.0. The molecule has 0 saturated heterocycles. The summed E-state index contributed by atoms with van der Waals surface area (Å²) in [6.45, 7) is 1.57. The fraction of sp³-hybridized carbons (Fsp3) is 0.300. The van der Waals surface area contributed by atoms with Gasteiger partial charge in [0.2, 0.25) is 5.75 Å². The van der Waals surface area contributed by atoms with Crippen LogP contribution in [0.5, 0.6) is 17.2 Å². The molecule has 9 heteroatoms. The van der Waals surface area contributed by atoms with E-state index in [-0.39, 0.29) is 5.75 Å². The van der Waals surface area contributed by atoms with Crippen LogP contribution in [0, 0.1) is 6.92 Å². The number of aryl methyl sites for hydroxylation is 1. The lowest BCUT2D eigenvalue weighted by Gasteiger charge is -2.14. The van der Waals surface area contributed by atoms with Crippen molar-refractivity contribution in [2.45, 2.75) is 11.8 Å². The molecule has 0 heterocycles. The fourth-order valence-corrected chi connectivity index (χ4v) is 3.73. The Morgan fingerprint density at radius 1 is 1.03 bits per heavy atom. The van der Waals surface area contributed by atoms with Gasteiger partial charge in [-0.05, 0) is 30.7 Å². The van der Waals surface area contributed by atoms with Gasteiger partial charge in [-0.3, -0.25) is 9.59 Å². The van der Waals surface area contributed by atoms with Crippen molar-refractivity contribution >= 4 is 45.3 Å². The first kappa shape index (κ1) is 22.9. The van der Waals surface area contributed by atoms with Crippen molar-refractivity contribution in [2.75, 3.05) is 39.0 Å². The zero-order chi connectivity index (χ0) is 21.4. The van der Waals surface area contributed by atoms with Gasteiger partial charge in [0.25, 0.3) is 5.91 Å². The van der Waals surface area contributed by atoms with Gasteiger partial charge in [0, 0.05) is 27.2 Å². The number of anilines is 1. The zero-order valence-corrected chi connectivity index (χ0v) is 18.9. The molecule has 0 aromatic heterocycles. The molecule has 0 spiro atoms. The highest BCUT2D eigenvalue weighted by Gasteiger charge is 2.15. The molecule has 0 unspecified atom stereocenters. The number of nitrogens with one attached hydrogen (secondary N) is 1. The quantitative estimate of drug-likeness (QED) is 0.425. The van der Waals surface area contributed by atoms with Crippen molar-refractivity contribution in [3.8, 4) is 17.2 Å². The number of carbonyl (C=O) groups is 2. The summed E-state index contributed by atoms with van der Waals surface area (Å²) in [7, 11) is 4.46. The molecule has 0 aliphatic rings. The third kappa shape index (κ3) is 6.57. The predicted molar refractivity (Wildman–Crippen MR) is 115 cm³/mol. The lowest BCUT2D eigenvalue weighted by atomic mass is 10.2. The Labute approximate surface area is 182 Å². The fourth-order valence-electron chi connectivity index (χ4n) is 2.45. The van der Waals surface area contributed by atoms with Crippen LogP contribution < -0.4 is 19.5 Å². The highest BCUT2D eigenvalue weighted by atomic mass is 79.9. The monoisotopic (exact) mass is 483 g/mol. The summed E-state index contributed by atoms with van der Waals surface area (Å²) in [5, 5.41) is 2.64. The van der Waals surface area contributed by atoms with Crippen LogP contribution in [-0.2, 0) is 14.3 Å². The smallest absolute Gasteiger partial charge is 0.316 e. The Hall–Kier alpha value is -2.39. The van der Waals surface area contributed by atoms with Gasteiger partial charge in [-0.1, -0.05) is 15.9 Å². The summed E-state index contributed by atoms with van der Waals surface area (Å²) in [6.07, 6.45) is 0. The van der Waals surface area contributed by atoms with E-state index in [1.54, 1.807) is 12.1 Å². The molecule has 0 bridgehead atoms. The maximum absolute atomic E-state index is 12.1. The lowest BCUT2D eigenvalue weighted by molar-refractivity contribution is -0.144. The number of carbonyl (C=O) groups excluding carboxylic acids is 2. The van der Waals surface area contributed by atoms with E-state index in [0.29, 0.717) is 22.9 Å². The van der Waals surface area contributed by atoms with Crippen molar-refractivity contribution in [3.63, 3.8) is 0 Å². The number of amides is 1. The van der Waals surface area contributed by atoms with E-state index in [2.05, 4.69) is 21.2 Å². The first-order valence-corrected chi connectivity index (χ1v) is 10.3. The molecule has 0 aliphatic heterocycles. The van der Waals surface area contributed by atoms with E-state index in [1.807, 2.05) is 25.1 Å². The summed E-state index contributed by atoms with van der Waals surface area (Å²) in [5.74, 6) is 0.384. The summed E-state index contributed by atoms with van der Waals surface area (Å²) in [6, 6.07) is 8.99. The van der Waals surface area contributed by atoms with Crippen LogP contribution in [0.25, 0.3) is 0 Å². The van der Waals surface area contributed by atoms with Gasteiger partial charge < -0.3 is 24.3 Å². The number of hydrogen-bond donors (Lipinski definition) is 1. The minimum Gasteiger partial charge on any atom is -0.493 e. The van der Waals surface area contributed by atoms with Gasteiger partial charge in [0.1, 0.15) is 0 Å².